The van der Waals surface area contributed by atoms with Gasteiger partial charge in [-0.3, -0.25) is 4.98 Å². The van der Waals surface area contributed by atoms with Crippen LogP contribution in [0.1, 0.15) is 22.4 Å². The number of benzene rings is 3. The number of anilines is 1. The van der Waals surface area contributed by atoms with Gasteiger partial charge in [0.15, 0.2) is 0 Å². The molecule has 8 nitrogen and oxygen atoms in total. The van der Waals surface area contributed by atoms with E-state index < -0.39 is 0 Å². The van der Waals surface area contributed by atoms with Gasteiger partial charge in [-0.25, -0.2) is 0 Å². The van der Waals surface area contributed by atoms with Crippen molar-refractivity contribution < 1.29 is 23.4 Å². The maximum absolute atomic E-state index is 5.93. The Morgan fingerprint density at radius 1 is 0.732 bits per heavy atom. The number of pyridine rings is 1. The van der Waals surface area contributed by atoms with Crippen molar-refractivity contribution in [1.29, 1.82) is 0 Å². The van der Waals surface area contributed by atoms with E-state index in [1.807, 2.05) is 54.7 Å². The molecule has 0 aliphatic rings. The smallest absolute Gasteiger partial charge is 0.298 e. The van der Waals surface area contributed by atoms with E-state index in [1.54, 1.807) is 20.5 Å². The van der Waals surface area contributed by atoms with Crippen LogP contribution in [0.3, 0.4) is 0 Å². The Morgan fingerprint density at radius 2 is 1.46 bits per heavy atom. The Labute approximate surface area is 240 Å². The fourth-order valence-electron chi connectivity index (χ4n) is 4.55. The van der Waals surface area contributed by atoms with Crippen molar-refractivity contribution >= 4 is 16.9 Å². The third kappa shape index (κ3) is 8.06. The average Bonchev–Trinajstić information content (AvgIpc) is 3.49. The van der Waals surface area contributed by atoms with Crippen LogP contribution >= 0.6 is 0 Å². The first kappa shape index (κ1) is 28.1. The van der Waals surface area contributed by atoms with Crippen LogP contribution in [0, 0.1) is 0 Å². The van der Waals surface area contributed by atoms with Crippen LogP contribution in [0.15, 0.2) is 95.7 Å². The highest BCUT2D eigenvalue weighted by molar-refractivity contribution is 5.79. The molecule has 0 saturated heterocycles. The number of aromatic nitrogens is 2. The fraction of sp³-hybridized carbons (Fsp3) is 0.273. The number of nitrogens with zero attached hydrogens (tertiary/aromatic N) is 3. The normalized spacial score (nSPS) is 11.1. The van der Waals surface area contributed by atoms with Crippen LogP contribution in [0.25, 0.3) is 10.9 Å². The van der Waals surface area contributed by atoms with Gasteiger partial charge in [0.25, 0.3) is 6.01 Å². The zero-order valence-corrected chi connectivity index (χ0v) is 23.5. The highest BCUT2D eigenvalue weighted by Gasteiger charge is 2.16. The van der Waals surface area contributed by atoms with Crippen molar-refractivity contribution in [3.05, 3.63) is 114 Å². The van der Waals surface area contributed by atoms with Crippen molar-refractivity contribution in [2.24, 2.45) is 0 Å². The molecule has 0 aliphatic heterocycles. The summed E-state index contributed by atoms with van der Waals surface area (Å²) in [5.41, 5.74) is 5.11. The molecule has 0 aliphatic carbocycles. The SMILES string of the molecule is COc1cccc(CCOCCOCc2coc(N(Cc3cccc(OC)c3)Cc3ccc4ncccc4c3)n2)c1. The predicted octanol–water partition coefficient (Wildman–Crippen LogP) is 6.22. The van der Waals surface area contributed by atoms with Gasteiger partial charge < -0.3 is 28.3 Å². The largest absolute Gasteiger partial charge is 0.497 e. The standard InChI is InChI=1S/C33H35N3O5/c1-37-30-9-3-6-25(19-30)13-15-39-16-17-40-23-29-24-41-33(35-29)36(21-26-7-4-10-31(20-26)38-2)22-27-11-12-32-28(18-27)8-5-14-34-32/h3-12,14,18-20,24H,13,15-17,21-23H2,1-2H3. The molecule has 0 saturated carbocycles. The van der Waals surface area contributed by atoms with Gasteiger partial charge in [0.1, 0.15) is 23.5 Å². The minimum absolute atomic E-state index is 0.345. The van der Waals surface area contributed by atoms with Crippen molar-refractivity contribution in [3.8, 4) is 11.5 Å². The number of methoxy groups -OCH3 is 2. The molecule has 0 atom stereocenters. The zero-order chi connectivity index (χ0) is 28.3. The molecule has 0 amide bonds. The average molecular weight is 554 g/mol. The van der Waals surface area contributed by atoms with Crippen molar-refractivity contribution in [2.45, 2.75) is 26.1 Å². The monoisotopic (exact) mass is 553 g/mol. The Morgan fingerprint density at radius 3 is 2.27 bits per heavy atom. The third-order valence-corrected chi connectivity index (χ3v) is 6.65. The number of rotatable bonds is 15. The summed E-state index contributed by atoms with van der Waals surface area (Å²) in [4.78, 5) is 11.3. The second-order valence-corrected chi connectivity index (χ2v) is 9.63. The third-order valence-electron chi connectivity index (χ3n) is 6.65. The van der Waals surface area contributed by atoms with Crippen LogP contribution in [0.4, 0.5) is 6.01 Å². The lowest BCUT2D eigenvalue weighted by Gasteiger charge is -2.21. The first-order valence-electron chi connectivity index (χ1n) is 13.6. The number of hydrogen-bond donors (Lipinski definition) is 0. The summed E-state index contributed by atoms with van der Waals surface area (Å²) in [6.45, 7) is 3.16. The lowest BCUT2D eigenvalue weighted by molar-refractivity contribution is 0.0405. The van der Waals surface area contributed by atoms with E-state index in [1.165, 1.54) is 5.56 Å². The highest BCUT2D eigenvalue weighted by atomic mass is 16.5. The van der Waals surface area contributed by atoms with E-state index in [2.05, 4.69) is 40.2 Å². The minimum Gasteiger partial charge on any atom is -0.497 e. The summed E-state index contributed by atoms with van der Waals surface area (Å²) in [7, 11) is 3.35. The Balaban J connectivity index is 1.16. The van der Waals surface area contributed by atoms with Gasteiger partial charge >= 0.3 is 0 Å². The molecule has 0 spiro atoms. The Kier molecular flexibility index (Phi) is 9.81. The summed E-state index contributed by atoms with van der Waals surface area (Å²) < 4.78 is 28.2. The Bertz CT molecular complexity index is 1540. The van der Waals surface area contributed by atoms with Gasteiger partial charge in [0.2, 0.25) is 0 Å². The molecule has 2 heterocycles. The van der Waals surface area contributed by atoms with Gasteiger partial charge in [0.05, 0.1) is 46.2 Å². The molecule has 5 rings (SSSR count). The van der Waals surface area contributed by atoms with E-state index in [4.69, 9.17) is 28.3 Å². The van der Waals surface area contributed by atoms with E-state index in [0.717, 1.165) is 45.6 Å². The molecular weight excluding hydrogens is 518 g/mol. The van der Waals surface area contributed by atoms with Crippen LogP contribution in [0.2, 0.25) is 0 Å². The van der Waals surface area contributed by atoms with Gasteiger partial charge in [-0.1, -0.05) is 36.4 Å². The van der Waals surface area contributed by atoms with E-state index in [9.17, 15) is 0 Å². The van der Waals surface area contributed by atoms with Crippen molar-refractivity contribution in [3.63, 3.8) is 0 Å². The maximum atomic E-state index is 5.93. The van der Waals surface area contributed by atoms with Crippen LogP contribution in [-0.4, -0.2) is 44.0 Å². The Hall–Kier alpha value is -4.40. The minimum atomic E-state index is 0.345. The molecule has 0 bridgehead atoms. The molecule has 0 unspecified atom stereocenters. The first-order valence-corrected chi connectivity index (χ1v) is 13.6. The van der Waals surface area contributed by atoms with Gasteiger partial charge in [-0.15, -0.1) is 0 Å². The van der Waals surface area contributed by atoms with Crippen LogP contribution < -0.4 is 14.4 Å². The van der Waals surface area contributed by atoms with Crippen LogP contribution in [-0.2, 0) is 35.6 Å². The number of fused-ring (bicyclic) bond motifs is 1. The molecule has 5 aromatic rings. The molecule has 3 aromatic carbocycles. The zero-order valence-electron chi connectivity index (χ0n) is 23.5. The lowest BCUT2D eigenvalue weighted by Crippen LogP contribution is -2.22. The molecule has 0 fully saturated rings. The summed E-state index contributed by atoms with van der Waals surface area (Å²) in [5.74, 6) is 1.67. The van der Waals surface area contributed by atoms with E-state index >= 15 is 0 Å². The summed E-state index contributed by atoms with van der Waals surface area (Å²) >= 11 is 0. The topological polar surface area (TPSA) is 79.1 Å². The lowest BCUT2D eigenvalue weighted by atomic mass is 10.1. The molecular formula is C33H35N3O5. The highest BCUT2D eigenvalue weighted by Crippen LogP contribution is 2.23. The second kappa shape index (κ2) is 14.3. The van der Waals surface area contributed by atoms with Gasteiger partial charge in [-0.05, 0) is 65.6 Å². The molecule has 0 N–H and O–H groups in total. The molecule has 0 radical (unpaired) electrons. The van der Waals surface area contributed by atoms with Crippen molar-refractivity contribution in [1.82, 2.24) is 9.97 Å². The summed E-state index contributed by atoms with van der Waals surface area (Å²) in [6.07, 6.45) is 4.28. The second-order valence-electron chi connectivity index (χ2n) is 9.63. The first-order chi connectivity index (χ1) is 20.2. The van der Waals surface area contributed by atoms with Crippen LogP contribution in [0.5, 0.6) is 11.5 Å². The van der Waals surface area contributed by atoms with E-state index in [0.29, 0.717) is 45.5 Å². The summed E-state index contributed by atoms with van der Waals surface area (Å²) in [5, 5.41) is 1.10. The molecule has 212 valence electrons. The summed E-state index contributed by atoms with van der Waals surface area (Å²) in [6, 6.07) is 26.9. The number of ether oxygens (including phenoxy) is 4. The molecule has 41 heavy (non-hydrogen) atoms. The number of oxazole rings is 1. The predicted molar refractivity (Wildman–Crippen MR) is 158 cm³/mol. The van der Waals surface area contributed by atoms with Gasteiger partial charge in [-0.2, -0.15) is 4.98 Å². The maximum Gasteiger partial charge on any atom is 0.298 e. The fourth-order valence-corrected chi connectivity index (χ4v) is 4.55. The van der Waals surface area contributed by atoms with Gasteiger partial charge in [0, 0.05) is 24.7 Å². The number of hydrogen-bond acceptors (Lipinski definition) is 8. The molecule has 8 heteroatoms. The van der Waals surface area contributed by atoms with E-state index in [-0.39, 0.29) is 0 Å². The molecule has 2 aromatic heterocycles. The quantitative estimate of drug-likeness (QED) is 0.141. The van der Waals surface area contributed by atoms with Crippen molar-refractivity contribution in [2.75, 3.05) is 38.9 Å².